The summed E-state index contributed by atoms with van der Waals surface area (Å²) in [4.78, 5) is 10.5. The smallest absolute Gasteiger partial charge is 0.149 e. The van der Waals surface area contributed by atoms with Crippen molar-refractivity contribution in [3.63, 3.8) is 0 Å². The normalized spacial score (nSPS) is 10.6. The quantitative estimate of drug-likeness (QED) is 0.475. The number of benzene rings is 1. The second-order valence-corrected chi connectivity index (χ2v) is 4.83. The first kappa shape index (κ1) is 8.21. The van der Waals surface area contributed by atoms with Gasteiger partial charge in [-0.2, -0.15) is 0 Å². The number of carbonyl (C=O) groups is 1. The maximum atomic E-state index is 10.5. The van der Waals surface area contributed by atoms with E-state index in [-0.39, 0.29) is 9.52 Å². The Kier molecular flexibility index (Phi) is 3.05. The second-order valence-electron chi connectivity index (χ2n) is 2.57. The number of hydrogen-bond donors (Lipinski definition) is 0. The third kappa shape index (κ3) is 2.02. The molecule has 0 aliphatic heterocycles. The molecule has 0 heterocycles. The van der Waals surface area contributed by atoms with E-state index >= 15 is 0 Å². The highest BCUT2D eigenvalue weighted by Crippen LogP contribution is 1.91. The van der Waals surface area contributed by atoms with Crippen molar-refractivity contribution >= 4 is 21.0 Å². The molecule has 0 saturated heterocycles. The van der Waals surface area contributed by atoms with Crippen LogP contribution in [0.4, 0.5) is 0 Å². The van der Waals surface area contributed by atoms with Gasteiger partial charge < -0.3 is 0 Å². The Morgan fingerprint density at radius 1 is 1.45 bits per heavy atom. The lowest BCUT2D eigenvalue weighted by molar-refractivity contribution is 0.112. The van der Waals surface area contributed by atoms with Crippen LogP contribution in [0.25, 0.3) is 0 Å². The van der Waals surface area contributed by atoms with Gasteiger partial charge in [0.2, 0.25) is 0 Å². The molecule has 0 aromatic heterocycles. The first-order valence-electron chi connectivity index (χ1n) is 3.91. The van der Waals surface area contributed by atoms with E-state index < -0.39 is 0 Å². The molecule has 0 amide bonds. The maximum absolute atomic E-state index is 10.5. The molecule has 0 spiro atoms. The zero-order valence-corrected chi connectivity index (χ0v) is 8.12. The van der Waals surface area contributed by atoms with E-state index in [1.807, 2.05) is 18.2 Å². The van der Waals surface area contributed by atoms with Crippen LogP contribution in [-0.4, -0.2) is 15.8 Å². The summed E-state index contributed by atoms with van der Waals surface area (Å²) < 4.78 is 0. The lowest BCUT2D eigenvalue weighted by atomic mass is 10.2. The fraction of sp³-hybridized carbons (Fsp3) is 0.222. The SMILES string of the molecule is CC[SiH2]c1ccccc1C=O. The predicted octanol–water partition coefficient (Wildman–Crippen LogP) is 0.731. The van der Waals surface area contributed by atoms with E-state index in [0.717, 1.165) is 11.8 Å². The summed E-state index contributed by atoms with van der Waals surface area (Å²) in [6.45, 7) is 2.17. The summed E-state index contributed by atoms with van der Waals surface area (Å²) >= 11 is 0. The Bertz CT molecular complexity index is 245. The zero-order chi connectivity index (χ0) is 8.10. The van der Waals surface area contributed by atoms with Crippen molar-refractivity contribution < 1.29 is 4.79 Å². The third-order valence-corrected chi connectivity index (χ3v) is 3.38. The van der Waals surface area contributed by atoms with Crippen molar-refractivity contribution in [3.8, 4) is 0 Å². The van der Waals surface area contributed by atoms with Gasteiger partial charge in [0.15, 0.2) is 0 Å². The van der Waals surface area contributed by atoms with Crippen LogP contribution in [0.3, 0.4) is 0 Å². The van der Waals surface area contributed by atoms with Crippen molar-refractivity contribution in [1.29, 1.82) is 0 Å². The zero-order valence-electron chi connectivity index (χ0n) is 6.71. The molecule has 0 saturated carbocycles. The highest BCUT2D eigenvalue weighted by molar-refractivity contribution is 6.54. The van der Waals surface area contributed by atoms with Gasteiger partial charge in [0.05, 0.1) is 9.52 Å². The molecule has 0 fully saturated rings. The van der Waals surface area contributed by atoms with Gasteiger partial charge in [-0.3, -0.25) is 4.79 Å². The Labute approximate surface area is 69.3 Å². The van der Waals surface area contributed by atoms with Gasteiger partial charge in [-0.15, -0.1) is 0 Å². The van der Waals surface area contributed by atoms with Crippen molar-refractivity contribution in [1.82, 2.24) is 0 Å². The molecule has 1 aromatic rings. The Morgan fingerprint density at radius 2 is 2.18 bits per heavy atom. The molecule has 1 aromatic carbocycles. The van der Waals surface area contributed by atoms with Crippen LogP contribution in [-0.2, 0) is 0 Å². The first-order chi connectivity index (χ1) is 5.38. The highest BCUT2D eigenvalue weighted by atomic mass is 28.2. The summed E-state index contributed by atoms with van der Waals surface area (Å²) in [5.74, 6) is 0. The largest absolute Gasteiger partial charge is 0.298 e. The molecular formula is C9H12OSi. The number of carbonyl (C=O) groups excluding carboxylic acids is 1. The lowest BCUT2D eigenvalue weighted by Gasteiger charge is -1.99. The van der Waals surface area contributed by atoms with Gasteiger partial charge in [0.1, 0.15) is 6.29 Å². The summed E-state index contributed by atoms with van der Waals surface area (Å²) in [5.41, 5.74) is 0.890. The van der Waals surface area contributed by atoms with Crippen LogP contribution < -0.4 is 5.19 Å². The molecule has 11 heavy (non-hydrogen) atoms. The molecule has 0 unspecified atom stereocenters. The molecule has 0 aliphatic carbocycles. The monoisotopic (exact) mass is 164 g/mol. The predicted molar refractivity (Wildman–Crippen MR) is 50.5 cm³/mol. The molecule has 1 rings (SSSR count). The van der Waals surface area contributed by atoms with Crippen LogP contribution in [0.2, 0.25) is 6.04 Å². The summed E-state index contributed by atoms with van der Waals surface area (Å²) in [6, 6.07) is 9.11. The van der Waals surface area contributed by atoms with Crippen LogP contribution in [0.1, 0.15) is 17.3 Å². The minimum atomic E-state index is -0.172. The van der Waals surface area contributed by atoms with Gasteiger partial charge in [0.25, 0.3) is 0 Å². The van der Waals surface area contributed by atoms with E-state index in [9.17, 15) is 4.79 Å². The van der Waals surface area contributed by atoms with Crippen molar-refractivity contribution in [2.75, 3.05) is 0 Å². The Balaban J connectivity index is 2.92. The topological polar surface area (TPSA) is 17.1 Å². The molecule has 0 radical (unpaired) electrons. The third-order valence-electron chi connectivity index (χ3n) is 1.70. The van der Waals surface area contributed by atoms with Gasteiger partial charge >= 0.3 is 0 Å². The summed E-state index contributed by atoms with van der Waals surface area (Å²) in [6.07, 6.45) is 0.956. The summed E-state index contributed by atoms with van der Waals surface area (Å²) in [5, 5.41) is 1.30. The fourth-order valence-electron chi connectivity index (χ4n) is 1.15. The molecule has 58 valence electrons. The van der Waals surface area contributed by atoms with Gasteiger partial charge in [-0.25, -0.2) is 0 Å². The number of rotatable bonds is 3. The molecule has 2 heteroatoms. The minimum absolute atomic E-state index is 0.172. The average molecular weight is 164 g/mol. The second kappa shape index (κ2) is 4.08. The van der Waals surface area contributed by atoms with Gasteiger partial charge in [-0.05, 0) is 0 Å². The molecule has 0 atom stereocenters. The van der Waals surface area contributed by atoms with Crippen molar-refractivity contribution in [2.45, 2.75) is 13.0 Å². The fourth-order valence-corrected chi connectivity index (χ4v) is 2.48. The molecule has 0 N–H and O–H groups in total. The van der Waals surface area contributed by atoms with Crippen LogP contribution in [0, 0.1) is 0 Å². The van der Waals surface area contributed by atoms with E-state index in [2.05, 4.69) is 13.0 Å². The first-order valence-corrected chi connectivity index (χ1v) is 5.62. The van der Waals surface area contributed by atoms with Crippen LogP contribution in [0.5, 0.6) is 0 Å². The maximum Gasteiger partial charge on any atom is 0.149 e. The molecular weight excluding hydrogens is 152 g/mol. The van der Waals surface area contributed by atoms with Gasteiger partial charge in [-0.1, -0.05) is 42.4 Å². The number of aldehydes is 1. The van der Waals surface area contributed by atoms with E-state index in [1.165, 1.54) is 11.2 Å². The number of hydrogen-bond acceptors (Lipinski definition) is 1. The molecule has 1 nitrogen and oxygen atoms in total. The van der Waals surface area contributed by atoms with E-state index in [4.69, 9.17) is 0 Å². The Morgan fingerprint density at radius 3 is 2.82 bits per heavy atom. The van der Waals surface area contributed by atoms with Crippen molar-refractivity contribution in [2.24, 2.45) is 0 Å². The lowest BCUT2D eigenvalue weighted by Crippen LogP contribution is -2.17. The van der Waals surface area contributed by atoms with Gasteiger partial charge in [0, 0.05) is 5.56 Å². The molecule has 0 bridgehead atoms. The standard InChI is InChI=1S/C9H12OSi/c1-2-11-9-6-4-3-5-8(9)7-10/h3-7H,2,11H2,1H3. The Hall–Kier alpha value is -0.893. The van der Waals surface area contributed by atoms with E-state index in [0.29, 0.717) is 0 Å². The minimum Gasteiger partial charge on any atom is -0.298 e. The summed E-state index contributed by atoms with van der Waals surface area (Å²) in [7, 11) is -0.172. The highest BCUT2D eigenvalue weighted by Gasteiger charge is 1.97. The van der Waals surface area contributed by atoms with Crippen LogP contribution in [0.15, 0.2) is 24.3 Å². The van der Waals surface area contributed by atoms with E-state index in [1.54, 1.807) is 0 Å². The molecule has 0 aliphatic rings. The average Bonchev–Trinajstić information content (AvgIpc) is 2.06. The van der Waals surface area contributed by atoms with Crippen LogP contribution >= 0.6 is 0 Å². The van der Waals surface area contributed by atoms with Crippen molar-refractivity contribution in [3.05, 3.63) is 29.8 Å².